The highest BCUT2D eigenvalue weighted by atomic mass is 32.1. The van der Waals surface area contributed by atoms with Crippen molar-refractivity contribution in [2.45, 2.75) is 6.42 Å². The van der Waals surface area contributed by atoms with E-state index in [1.54, 1.807) is 30.3 Å². The Labute approximate surface area is 137 Å². The van der Waals surface area contributed by atoms with Crippen LogP contribution in [0.1, 0.15) is 16.1 Å². The van der Waals surface area contributed by atoms with Gasteiger partial charge in [0.2, 0.25) is 5.91 Å². The molecule has 0 bridgehead atoms. The van der Waals surface area contributed by atoms with Crippen molar-refractivity contribution in [2.24, 2.45) is 0 Å². The number of amides is 2. The lowest BCUT2D eigenvalue weighted by molar-refractivity contribution is -0.115. The second-order valence-corrected chi connectivity index (χ2v) is 5.87. The number of rotatable bonds is 4. The predicted octanol–water partition coefficient (Wildman–Crippen LogP) is 2.28. The standard InChI is InChI=1S/C16H16N2O4S/c19-15(10-17-16(20)14-3-1-8-23-14)18-11-4-5-12-13(9-11)22-7-2-6-21-12/h1,3-5,8-9H,2,6-7,10H2,(H,17,20)(H,18,19). The van der Waals surface area contributed by atoms with E-state index in [0.29, 0.717) is 35.3 Å². The summed E-state index contributed by atoms with van der Waals surface area (Å²) >= 11 is 1.33. The molecule has 120 valence electrons. The van der Waals surface area contributed by atoms with Crippen molar-refractivity contribution in [3.8, 4) is 11.5 Å². The van der Waals surface area contributed by atoms with Crippen LogP contribution in [0, 0.1) is 0 Å². The summed E-state index contributed by atoms with van der Waals surface area (Å²) in [4.78, 5) is 24.3. The van der Waals surface area contributed by atoms with Crippen LogP contribution in [-0.2, 0) is 4.79 Å². The van der Waals surface area contributed by atoms with E-state index in [9.17, 15) is 9.59 Å². The number of thiophene rings is 1. The molecule has 1 aliphatic heterocycles. The molecule has 2 aromatic rings. The first-order valence-corrected chi connectivity index (χ1v) is 8.11. The zero-order valence-corrected chi connectivity index (χ0v) is 13.2. The number of anilines is 1. The average molecular weight is 332 g/mol. The third kappa shape index (κ3) is 4.01. The topological polar surface area (TPSA) is 76.7 Å². The molecule has 1 aromatic carbocycles. The molecule has 2 N–H and O–H groups in total. The fourth-order valence-corrected chi connectivity index (χ4v) is 2.74. The van der Waals surface area contributed by atoms with Gasteiger partial charge in [-0.05, 0) is 23.6 Å². The molecule has 2 amide bonds. The highest BCUT2D eigenvalue weighted by Crippen LogP contribution is 2.32. The number of carbonyl (C=O) groups is 2. The Bertz CT molecular complexity index is 700. The molecular weight excluding hydrogens is 316 g/mol. The van der Waals surface area contributed by atoms with Gasteiger partial charge in [0.1, 0.15) is 0 Å². The largest absolute Gasteiger partial charge is 0.490 e. The summed E-state index contributed by atoms with van der Waals surface area (Å²) in [5, 5.41) is 7.12. The van der Waals surface area contributed by atoms with Crippen molar-refractivity contribution in [1.82, 2.24) is 5.32 Å². The van der Waals surface area contributed by atoms with E-state index in [-0.39, 0.29) is 18.4 Å². The minimum atomic E-state index is -0.301. The van der Waals surface area contributed by atoms with Crippen LogP contribution < -0.4 is 20.1 Å². The zero-order valence-electron chi connectivity index (χ0n) is 12.3. The maximum absolute atomic E-state index is 11.9. The molecule has 0 unspecified atom stereocenters. The molecule has 0 spiro atoms. The first-order chi connectivity index (χ1) is 11.2. The van der Waals surface area contributed by atoms with Crippen molar-refractivity contribution in [3.05, 3.63) is 40.6 Å². The van der Waals surface area contributed by atoms with Crippen molar-refractivity contribution in [2.75, 3.05) is 25.1 Å². The fourth-order valence-electron chi connectivity index (χ4n) is 2.10. The normalized spacial score (nSPS) is 13.0. The lowest BCUT2D eigenvalue weighted by Crippen LogP contribution is -2.32. The minimum absolute atomic E-state index is 0.0921. The van der Waals surface area contributed by atoms with Crippen molar-refractivity contribution in [1.29, 1.82) is 0 Å². The summed E-state index contributed by atoms with van der Waals surface area (Å²) in [6.07, 6.45) is 0.825. The summed E-state index contributed by atoms with van der Waals surface area (Å²) in [5.41, 5.74) is 0.602. The van der Waals surface area contributed by atoms with Gasteiger partial charge in [-0.1, -0.05) is 6.07 Å². The maximum Gasteiger partial charge on any atom is 0.261 e. The van der Waals surface area contributed by atoms with Gasteiger partial charge in [0, 0.05) is 18.2 Å². The zero-order chi connectivity index (χ0) is 16.1. The Morgan fingerprint density at radius 1 is 1.13 bits per heavy atom. The van der Waals surface area contributed by atoms with Crippen molar-refractivity contribution < 1.29 is 19.1 Å². The van der Waals surface area contributed by atoms with Gasteiger partial charge in [-0.3, -0.25) is 9.59 Å². The van der Waals surface area contributed by atoms with E-state index in [0.717, 1.165) is 6.42 Å². The lowest BCUT2D eigenvalue weighted by Gasteiger charge is -2.10. The Balaban J connectivity index is 1.55. The summed E-state index contributed by atoms with van der Waals surface area (Å²) in [5.74, 6) is 0.729. The number of nitrogens with one attached hydrogen (secondary N) is 2. The van der Waals surface area contributed by atoms with Crippen LogP contribution in [0.3, 0.4) is 0 Å². The van der Waals surface area contributed by atoms with E-state index in [1.807, 2.05) is 5.38 Å². The number of fused-ring (bicyclic) bond motifs is 1. The van der Waals surface area contributed by atoms with E-state index in [1.165, 1.54) is 11.3 Å². The van der Waals surface area contributed by atoms with Crippen LogP contribution in [0.25, 0.3) is 0 Å². The van der Waals surface area contributed by atoms with Gasteiger partial charge in [0.05, 0.1) is 24.6 Å². The lowest BCUT2D eigenvalue weighted by atomic mass is 10.2. The monoisotopic (exact) mass is 332 g/mol. The number of hydrogen-bond donors (Lipinski definition) is 2. The Morgan fingerprint density at radius 3 is 2.74 bits per heavy atom. The number of ether oxygens (including phenoxy) is 2. The summed E-state index contributed by atoms with van der Waals surface area (Å²) in [6, 6.07) is 8.73. The first-order valence-electron chi connectivity index (χ1n) is 7.23. The van der Waals surface area contributed by atoms with Gasteiger partial charge in [0.15, 0.2) is 11.5 Å². The molecule has 6 nitrogen and oxygen atoms in total. The van der Waals surface area contributed by atoms with E-state index in [4.69, 9.17) is 9.47 Å². The second-order valence-electron chi connectivity index (χ2n) is 4.92. The molecular formula is C16H16N2O4S. The summed E-state index contributed by atoms with van der Waals surface area (Å²) < 4.78 is 11.1. The van der Waals surface area contributed by atoms with E-state index >= 15 is 0 Å². The van der Waals surface area contributed by atoms with Crippen LogP contribution >= 0.6 is 11.3 Å². The van der Waals surface area contributed by atoms with Crippen molar-refractivity contribution in [3.63, 3.8) is 0 Å². The van der Waals surface area contributed by atoms with E-state index in [2.05, 4.69) is 10.6 Å². The quantitative estimate of drug-likeness (QED) is 0.900. The Morgan fingerprint density at radius 2 is 1.96 bits per heavy atom. The predicted molar refractivity (Wildman–Crippen MR) is 87.3 cm³/mol. The third-order valence-electron chi connectivity index (χ3n) is 3.19. The van der Waals surface area contributed by atoms with Gasteiger partial charge in [-0.25, -0.2) is 0 Å². The molecule has 0 atom stereocenters. The number of hydrogen-bond acceptors (Lipinski definition) is 5. The molecule has 3 rings (SSSR count). The van der Waals surface area contributed by atoms with Gasteiger partial charge < -0.3 is 20.1 Å². The summed E-state index contributed by atoms with van der Waals surface area (Å²) in [6.45, 7) is 1.11. The molecule has 1 aliphatic rings. The fraction of sp³-hybridized carbons (Fsp3) is 0.250. The van der Waals surface area contributed by atoms with Gasteiger partial charge in [0.25, 0.3) is 5.91 Å². The minimum Gasteiger partial charge on any atom is -0.490 e. The maximum atomic E-state index is 11.9. The summed E-state index contributed by atoms with van der Waals surface area (Å²) in [7, 11) is 0. The highest BCUT2D eigenvalue weighted by Gasteiger charge is 2.13. The Kier molecular flexibility index (Phi) is 4.77. The molecule has 0 fully saturated rings. The number of benzene rings is 1. The average Bonchev–Trinajstić information content (AvgIpc) is 2.99. The smallest absolute Gasteiger partial charge is 0.261 e. The van der Waals surface area contributed by atoms with Gasteiger partial charge in [-0.15, -0.1) is 11.3 Å². The third-order valence-corrected chi connectivity index (χ3v) is 4.05. The van der Waals surface area contributed by atoms with Gasteiger partial charge in [-0.2, -0.15) is 0 Å². The molecule has 23 heavy (non-hydrogen) atoms. The van der Waals surface area contributed by atoms with Crippen LogP contribution in [0.15, 0.2) is 35.7 Å². The van der Waals surface area contributed by atoms with Crippen LogP contribution in [-0.4, -0.2) is 31.6 Å². The molecule has 1 aromatic heterocycles. The van der Waals surface area contributed by atoms with Crippen LogP contribution in [0.2, 0.25) is 0 Å². The van der Waals surface area contributed by atoms with Crippen LogP contribution in [0.4, 0.5) is 5.69 Å². The van der Waals surface area contributed by atoms with Crippen LogP contribution in [0.5, 0.6) is 11.5 Å². The molecule has 0 saturated carbocycles. The second kappa shape index (κ2) is 7.15. The SMILES string of the molecule is O=C(CNC(=O)c1cccs1)Nc1ccc2c(c1)OCCCO2. The molecule has 0 radical (unpaired) electrons. The number of carbonyl (C=O) groups excluding carboxylic acids is 2. The Hall–Kier alpha value is -2.54. The molecule has 7 heteroatoms. The molecule has 2 heterocycles. The highest BCUT2D eigenvalue weighted by molar-refractivity contribution is 7.12. The first kappa shape index (κ1) is 15.4. The van der Waals surface area contributed by atoms with Gasteiger partial charge >= 0.3 is 0 Å². The molecule has 0 saturated heterocycles. The van der Waals surface area contributed by atoms with E-state index < -0.39 is 0 Å². The van der Waals surface area contributed by atoms with Crippen molar-refractivity contribution >= 4 is 28.8 Å². The molecule has 0 aliphatic carbocycles.